The molecule has 0 saturated heterocycles. The lowest BCUT2D eigenvalue weighted by Gasteiger charge is -2.07. The standard InChI is InChI=1S/C11H14O5S/c1-8(11(13)14)6-17(15,16)7-9-2-4-10(12)5-3-9/h2-5,8,12H,6-7H2,1H3,(H,13,14). The quantitative estimate of drug-likeness (QED) is 0.823. The molecule has 0 aromatic heterocycles. The number of carboxylic acids is 1. The molecule has 0 aliphatic carbocycles. The van der Waals surface area contributed by atoms with E-state index in [-0.39, 0.29) is 17.3 Å². The summed E-state index contributed by atoms with van der Waals surface area (Å²) in [6.45, 7) is 1.36. The minimum atomic E-state index is -3.45. The van der Waals surface area contributed by atoms with E-state index in [9.17, 15) is 13.2 Å². The summed E-state index contributed by atoms with van der Waals surface area (Å²) in [7, 11) is -3.45. The fourth-order valence-corrected chi connectivity index (χ4v) is 3.08. The van der Waals surface area contributed by atoms with E-state index in [4.69, 9.17) is 10.2 Å². The third-order valence-electron chi connectivity index (χ3n) is 2.25. The largest absolute Gasteiger partial charge is 0.508 e. The Morgan fingerprint density at radius 3 is 2.29 bits per heavy atom. The van der Waals surface area contributed by atoms with Crippen molar-refractivity contribution in [2.45, 2.75) is 12.7 Å². The van der Waals surface area contributed by atoms with Crippen LogP contribution in [-0.2, 0) is 20.4 Å². The first-order valence-corrected chi connectivity index (χ1v) is 6.83. The molecule has 0 saturated carbocycles. The Hall–Kier alpha value is -1.56. The van der Waals surface area contributed by atoms with Crippen LogP contribution in [0.2, 0.25) is 0 Å². The molecule has 0 aliphatic rings. The molecule has 5 nitrogen and oxygen atoms in total. The molecule has 1 aromatic rings. The summed E-state index contributed by atoms with van der Waals surface area (Å²) in [4.78, 5) is 10.6. The number of benzene rings is 1. The van der Waals surface area contributed by atoms with E-state index in [0.717, 1.165) is 0 Å². The van der Waals surface area contributed by atoms with Crippen molar-refractivity contribution < 1.29 is 23.4 Å². The second-order valence-corrected chi connectivity index (χ2v) is 6.07. The number of aliphatic carboxylic acids is 1. The van der Waals surface area contributed by atoms with Gasteiger partial charge in [-0.15, -0.1) is 0 Å². The Morgan fingerprint density at radius 1 is 1.29 bits per heavy atom. The summed E-state index contributed by atoms with van der Waals surface area (Å²) in [5, 5.41) is 17.7. The van der Waals surface area contributed by atoms with Crippen molar-refractivity contribution in [2.24, 2.45) is 5.92 Å². The zero-order valence-corrected chi connectivity index (χ0v) is 10.1. The van der Waals surface area contributed by atoms with Gasteiger partial charge < -0.3 is 10.2 Å². The van der Waals surface area contributed by atoms with Gasteiger partial charge in [-0.1, -0.05) is 19.1 Å². The number of aromatic hydroxyl groups is 1. The maximum atomic E-state index is 11.7. The Morgan fingerprint density at radius 2 is 1.82 bits per heavy atom. The number of phenols is 1. The van der Waals surface area contributed by atoms with Crippen molar-refractivity contribution in [3.8, 4) is 5.75 Å². The van der Waals surface area contributed by atoms with Gasteiger partial charge in [0.15, 0.2) is 9.84 Å². The third-order valence-corrected chi connectivity index (χ3v) is 4.03. The van der Waals surface area contributed by atoms with Crippen LogP contribution in [0.5, 0.6) is 5.75 Å². The highest BCUT2D eigenvalue weighted by Gasteiger charge is 2.21. The first kappa shape index (κ1) is 13.5. The van der Waals surface area contributed by atoms with E-state index in [2.05, 4.69) is 0 Å². The van der Waals surface area contributed by atoms with Crippen LogP contribution in [0.4, 0.5) is 0 Å². The molecular formula is C11H14O5S. The topological polar surface area (TPSA) is 91.7 Å². The van der Waals surface area contributed by atoms with Crippen LogP contribution in [-0.4, -0.2) is 30.4 Å². The van der Waals surface area contributed by atoms with Crippen LogP contribution < -0.4 is 0 Å². The molecule has 17 heavy (non-hydrogen) atoms. The van der Waals surface area contributed by atoms with Crippen LogP contribution in [0, 0.1) is 5.92 Å². The predicted octanol–water partition coefficient (Wildman–Crippen LogP) is 1.03. The van der Waals surface area contributed by atoms with Gasteiger partial charge in [-0.05, 0) is 17.7 Å². The maximum Gasteiger partial charge on any atom is 0.307 e. The van der Waals surface area contributed by atoms with E-state index in [1.54, 1.807) is 0 Å². The fourth-order valence-electron chi connectivity index (χ4n) is 1.36. The second-order valence-electron chi connectivity index (χ2n) is 3.96. The van der Waals surface area contributed by atoms with Gasteiger partial charge >= 0.3 is 5.97 Å². The molecule has 1 atom stereocenters. The lowest BCUT2D eigenvalue weighted by Crippen LogP contribution is -2.22. The van der Waals surface area contributed by atoms with Gasteiger partial charge in [0.1, 0.15) is 5.75 Å². The van der Waals surface area contributed by atoms with Gasteiger partial charge in [-0.25, -0.2) is 8.42 Å². The molecule has 1 aromatic carbocycles. The molecule has 2 N–H and O–H groups in total. The van der Waals surface area contributed by atoms with E-state index in [1.165, 1.54) is 31.2 Å². The zero-order chi connectivity index (χ0) is 13.1. The van der Waals surface area contributed by atoms with Gasteiger partial charge in [-0.3, -0.25) is 4.79 Å². The van der Waals surface area contributed by atoms with Crippen molar-refractivity contribution in [3.63, 3.8) is 0 Å². The summed E-state index contributed by atoms with van der Waals surface area (Å²) in [6, 6.07) is 5.79. The summed E-state index contributed by atoms with van der Waals surface area (Å²) in [6.07, 6.45) is 0. The summed E-state index contributed by atoms with van der Waals surface area (Å²) >= 11 is 0. The van der Waals surface area contributed by atoms with Crippen LogP contribution in [0.3, 0.4) is 0 Å². The molecule has 1 rings (SSSR count). The molecule has 94 valence electrons. The highest BCUT2D eigenvalue weighted by Crippen LogP contribution is 2.14. The Kier molecular flexibility index (Phi) is 4.11. The van der Waals surface area contributed by atoms with Crippen LogP contribution in [0.25, 0.3) is 0 Å². The number of carbonyl (C=O) groups is 1. The highest BCUT2D eigenvalue weighted by atomic mass is 32.2. The minimum absolute atomic E-state index is 0.0602. The lowest BCUT2D eigenvalue weighted by molar-refractivity contribution is -0.140. The maximum absolute atomic E-state index is 11.7. The summed E-state index contributed by atoms with van der Waals surface area (Å²) in [5.74, 6) is -2.59. The molecule has 0 amide bonds. The number of hydrogen-bond acceptors (Lipinski definition) is 4. The van der Waals surface area contributed by atoms with Crippen LogP contribution in [0.15, 0.2) is 24.3 Å². The predicted molar refractivity (Wildman–Crippen MR) is 62.4 cm³/mol. The third kappa shape index (κ3) is 4.44. The first-order chi connectivity index (χ1) is 7.80. The molecule has 0 radical (unpaired) electrons. The molecule has 0 aliphatic heterocycles. The number of phenolic OH excluding ortho intramolecular Hbond substituents is 1. The van der Waals surface area contributed by atoms with Gasteiger partial charge in [0.2, 0.25) is 0 Å². The Labute approximate surface area is 99.6 Å². The number of sulfone groups is 1. The number of carboxylic acid groups (broad SMARTS) is 1. The van der Waals surface area contributed by atoms with Crippen molar-refractivity contribution in [1.82, 2.24) is 0 Å². The Bertz CT molecular complexity index is 489. The zero-order valence-electron chi connectivity index (χ0n) is 9.33. The average molecular weight is 258 g/mol. The molecule has 0 heterocycles. The van der Waals surface area contributed by atoms with Gasteiger partial charge in [0.05, 0.1) is 17.4 Å². The van der Waals surface area contributed by atoms with Crippen LogP contribution in [0.1, 0.15) is 12.5 Å². The Balaban J connectivity index is 2.73. The number of hydrogen-bond donors (Lipinski definition) is 2. The molecule has 0 spiro atoms. The van der Waals surface area contributed by atoms with E-state index in [1.807, 2.05) is 0 Å². The molecule has 1 unspecified atom stereocenters. The smallest absolute Gasteiger partial charge is 0.307 e. The molecule has 0 fully saturated rings. The van der Waals surface area contributed by atoms with Crippen molar-refractivity contribution in [2.75, 3.05) is 5.75 Å². The normalized spacial score (nSPS) is 13.2. The second kappa shape index (κ2) is 5.18. The van der Waals surface area contributed by atoms with Gasteiger partial charge in [0, 0.05) is 0 Å². The van der Waals surface area contributed by atoms with E-state index < -0.39 is 21.7 Å². The lowest BCUT2D eigenvalue weighted by atomic mass is 10.2. The van der Waals surface area contributed by atoms with Crippen LogP contribution >= 0.6 is 0 Å². The molecule has 6 heteroatoms. The fraction of sp³-hybridized carbons (Fsp3) is 0.364. The van der Waals surface area contributed by atoms with E-state index in [0.29, 0.717) is 5.56 Å². The van der Waals surface area contributed by atoms with E-state index >= 15 is 0 Å². The summed E-state index contributed by atoms with van der Waals surface area (Å²) in [5.41, 5.74) is 0.528. The first-order valence-electron chi connectivity index (χ1n) is 5.01. The summed E-state index contributed by atoms with van der Waals surface area (Å²) < 4.78 is 23.3. The number of rotatable bonds is 5. The molecular weight excluding hydrogens is 244 g/mol. The highest BCUT2D eigenvalue weighted by molar-refractivity contribution is 7.90. The SMILES string of the molecule is CC(CS(=O)(=O)Cc1ccc(O)cc1)C(=O)O. The van der Waals surface area contributed by atoms with Crippen molar-refractivity contribution in [1.29, 1.82) is 0 Å². The van der Waals surface area contributed by atoms with Crippen molar-refractivity contribution in [3.05, 3.63) is 29.8 Å². The monoisotopic (exact) mass is 258 g/mol. The average Bonchev–Trinajstić information content (AvgIpc) is 2.20. The molecule has 0 bridgehead atoms. The van der Waals surface area contributed by atoms with Crippen molar-refractivity contribution >= 4 is 15.8 Å². The van der Waals surface area contributed by atoms with Gasteiger partial charge in [-0.2, -0.15) is 0 Å². The minimum Gasteiger partial charge on any atom is -0.508 e. The van der Waals surface area contributed by atoms with Gasteiger partial charge in [0.25, 0.3) is 0 Å².